The molecule has 6 heteroatoms. The van der Waals surface area contributed by atoms with E-state index in [2.05, 4.69) is 15.5 Å². The van der Waals surface area contributed by atoms with Crippen molar-refractivity contribution < 1.29 is 9.59 Å². The summed E-state index contributed by atoms with van der Waals surface area (Å²) in [6.07, 6.45) is 1.47. The Morgan fingerprint density at radius 1 is 1.18 bits per heavy atom. The lowest BCUT2D eigenvalue weighted by Gasteiger charge is -2.22. The Morgan fingerprint density at radius 3 is 2.55 bits per heavy atom. The standard InChI is InChI=1S/C16H18N4O2/c1-12-14(8-9-18-19-12)16(22)20(11-15(21)17-2)10-13-6-4-3-5-7-13/h3-9H,10-11H2,1-2H3,(H,17,21). The molecule has 0 unspecified atom stereocenters. The van der Waals surface area contributed by atoms with Crippen LogP contribution in [0.4, 0.5) is 0 Å². The predicted octanol–water partition coefficient (Wildman–Crippen LogP) is 1.17. The summed E-state index contributed by atoms with van der Waals surface area (Å²) in [5.74, 6) is -0.455. The third-order valence-electron chi connectivity index (χ3n) is 3.25. The normalized spacial score (nSPS) is 10.1. The number of hydrogen-bond acceptors (Lipinski definition) is 4. The van der Waals surface area contributed by atoms with Crippen LogP contribution in [0.3, 0.4) is 0 Å². The SMILES string of the molecule is CNC(=O)CN(Cc1ccccc1)C(=O)c1ccnnc1C. The van der Waals surface area contributed by atoms with Gasteiger partial charge >= 0.3 is 0 Å². The number of nitrogens with zero attached hydrogens (tertiary/aromatic N) is 3. The van der Waals surface area contributed by atoms with Crippen LogP contribution >= 0.6 is 0 Å². The summed E-state index contributed by atoms with van der Waals surface area (Å²) in [5, 5.41) is 10.2. The van der Waals surface area contributed by atoms with Gasteiger partial charge in [-0.3, -0.25) is 9.59 Å². The van der Waals surface area contributed by atoms with Crippen LogP contribution in [0.1, 0.15) is 21.6 Å². The van der Waals surface area contributed by atoms with Crippen molar-refractivity contribution in [3.63, 3.8) is 0 Å². The topological polar surface area (TPSA) is 75.2 Å². The molecule has 0 aliphatic rings. The first-order valence-electron chi connectivity index (χ1n) is 6.94. The zero-order chi connectivity index (χ0) is 15.9. The molecule has 114 valence electrons. The Labute approximate surface area is 129 Å². The van der Waals surface area contributed by atoms with Crippen LogP contribution < -0.4 is 5.32 Å². The third-order valence-corrected chi connectivity index (χ3v) is 3.25. The van der Waals surface area contributed by atoms with Crippen LogP contribution in [0.5, 0.6) is 0 Å². The van der Waals surface area contributed by atoms with E-state index >= 15 is 0 Å². The molecule has 0 saturated carbocycles. The van der Waals surface area contributed by atoms with Crippen molar-refractivity contribution in [1.82, 2.24) is 20.4 Å². The van der Waals surface area contributed by atoms with Gasteiger partial charge in [0.25, 0.3) is 5.91 Å². The molecule has 2 rings (SSSR count). The van der Waals surface area contributed by atoms with E-state index < -0.39 is 0 Å². The van der Waals surface area contributed by atoms with Gasteiger partial charge in [0.1, 0.15) is 6.54 Å². The van der Waals surface area contributed by atoms with Gasteiger partial charge in [0.05, 0.1) is 17.5 Å². The van der Waals surface area contributed by atoms with Crippen molar-refractivity contribution in [3.8, 4) is 0 Å². The molecule has 0 radical (unpaired) electrons. The Hall–Kier alpha value is -2.76. The molecule has 0 aliphatic carbocycles. The molecule has 6 nitrogen and oxygen atoms in total. The molecule has 0 saturated heterocycles. The first-order chi connectivity index (χ1) is 10.6. The molecular formula is C16H18N4O2. The van der Waals surface area contributed by atoms with E-state index in [4.69, 9.17) is 0 Å². The lowest BCUT2D eigenvalue weighted by Crippen LogP contribution is -2.39. The summed E-state index contributed by atoms with van der Waals surface area (Å²) in [5.41, 5.74) is 1.96. The van der Waals surface area contributed by atoms with Gasteiger partial charge in [-0.25, -0.2) is 0 Å². The highest BCUT2D eigenvalue weighted by molar-refractivity contribution is 5.97. The summed E-state index contributed by atoms with van der Waals surface area (Å²) in [6.45, 7) is 2.07. The van der Waals surface area contributed by atoms with Gasteiger partial charge < -0.3 is 10.2 Å². The smallest absolute Gasteiger partial charge is 0.256 e. The average molecular weight is 298 g/mol. The number of hydrogen-bond donors (Lipinski definition) is 1. The molecule has 1 heterocycles. The van der Waals surface area contributed by atoms with Gasteiger partial charge in [0, 0.05) is 13.6 Å². The highest BCUT2D eigenvalue weighted by Crippen LogP contribution is 2.11. The summed E-state index contributed by atoms with van der Waals surface area (Å²) >= 11 is 0. The zero-order valence-corrected chi connectivity index (χ0v) is 12.6. The van der Waals surface area contributed by atoms with Gasteiger partial charge in [-0.2, -0.15) is 10.2 Å². The molecule has 22 heavy (non-hydrogen) atoms. The molecule has 0 aliphatic heterocycles. The van der Waals surface area contributed by atoms with E-state index in [1.165, 1.54) is 11.1 Å². The van der Waals surface area contributed by atoms with Crippen molar-refractivity contribution >= 4 is 11.8 Å². The maximum absolute atomic E-state index is 12.7. The van der Waals surface area contributed by atoms with E-state index in [1.54, 1.807) is 20.0 Å². The molecule has 1 aromatic carbocycles. The monoisotopic (exact) mass is 298 g/mol. The highest BCUT2D eigenvalue weighted by Gasteiger charge is 2.20. The van der Waals surface area contributed by atoms with E-state index in [1.807, 2.05) is 30.3 Å². The van der Waals surface area contributed by atoms with Crippen molar-refractivity contribution in [1.29, 1.82) is 0 Å². The number of carbonyl (C=O) groups excluding carboxylic acids is 2. The van der Waals surface area contributed by atoms with Crippen LogP contribution in [-0.2, 0) is 11.3 Å². The maximum Gasteiger partial charge on any atom is 0.256 e. The second-order valence-electron chi connectivity index (χ2n) is 4.85. The minimum absolute atomic E-state index is 0.00795. The lowest BCUT2D eigenvalue weighted by molar-refractivity contribution is -0.121. The Kier molecular flexibility index (Phi) is 5.19. The van der Waals surface area contributed by atoms with Gasteiger partial charge in [0.15, 0.2) is 0 Å². The molecule has 0 bridgehead atoms. The minimum Gasteiger partial charge on any atom is -0.358 e. The van der Waals surface area contributed by atoms with E-state index in [9.17, 15) is 9.59 Å². The van der Waals surface area contributed by atoms with Crippen molar-refractivity contribution in [3.05, 3.63) is 59.4 Å². The average Bonchev–Trinajstić information content (AvgIpc) is 2.55. The third kappa shape index (κ3) is 3.88. The molecule has 0 spiro atoms. The van der Waals surface area contributed by atoms with E-state index in [-0.39, 0.29) is 18.4 Å². The van der Waals surface area contributed by atoms with Gasteiger partial charge in [0.2, 0.25) is 5.91 Å². The highest BCUT2D eigenvalue weighted by atomic mass is 16.2. The fourth-order valence-electron chi connectivity index (χ4n) is 2.05. The predicted molar refractivity (Wildman–Crippen MR) is 82.0 cm³/mol. The minimum atomic E-state index is -0.236. The summed E-state index contributed by atoms with van der Waals surface area (Å²) in [7, 11) is 1.55. The largest absolute Gasteiger partial charge is 0.358 e. The number of likely N-dealkylation sites (N-methyl/N-ethyl adjacent to an activating group) is 1. The maximum atomic E-state index is 12.7. The zero-order valence-electron chi connectivity index (χ0n) is 12.6. The molecule has 2 aromatic rings. The molecular weight excluding hydrogens is 280 g/mol. The number of rotatable bonds is 5. The molecule has 1 aromatic heterocycles. The number of aryl methyl sites for hydroxylation is 1. The van der Waals surface area contributed by atoms with Gasteiger partial charge in [-0.05, 0) is 18.6 Å². The van der Waals surface area contributed by atoms with Crippen LogP contribution in [0.15, 0.2) is 42.6 Å². The van der Waals surface area contributed by atoms with Crippen molar-refractivity contribution in [2.24, 2.45) is 0 Å². The van der Waals surface area contributed by atoms with Crippen LogP contribution in [0.2, 0.25) is 0 Å². The summed E-state index contributed by atoms with van der Waals surface area (Å²) in [4.78, 5) is 25.9. The second-order valence-corrected chi connectivity index (χ2v) is 4.85. The Morgan fingerprint density at radius 2 is 1.91 bits per heavy atom. The summed E-state index contributed by atoms with van der Waals surface area (Å²) < 4.78 is 0. The van der Waals surface area contributed by atoms with Crippen molar-refractivity contribution in [2.75, 3.05) is 13.6 Å². The fraction of sp³-hybridized carbons (Fsp3) is 0.250. The van der Waals surface area contributed by atoms with E-state index in [0.717, 1.165) is 5.56 Å². The summed E-state index contributed by atoms with van der Waals surface area (Å²) in [6, 6.07) is 11.2. The molecule has 2 amide bonds. The molecule has 0 atom stereocenters. The number of nitrogens with one attached hydrogen (secondary N) is 1. The molecule has 1 N–H and O–H groups in total. The number of amides is 2. The lowest BCUT2D eigenvalue weighted by atomic mass is 10.1. The second kappa shape index (κ2) is 7.31. The quantitative estimate of drug-likeness (QED) is 0.899. The number of benzene rings is 1. The first kappa shape index (κ1) is 15.6. The Balaban J connectivity index is 2.25. The van der Waals surface area contributed by atoms with Crippen LogP contribution in [0.25, 0.3) is 0 Å². The fourth-order valence-corrected chi connectivity index (χ4v) is 2.05. The number of carbonyl (C=O) groups is 2. The Bertz CT molecular complexity index is 658. The number of aromatic nitrogens is 2. The van der Waals surface area contributed by atoms with Crippen molar-refractivity contribution in [2.45, 2.75) is 13.5 Å². The van der Waals surface area contributed by atoms with Gasteiger partial charge in [-0.15, -0.1) is 0 Å². The van der Waals surface area contributed by atoms with E-state index in [0.29, 0.717) is 17.8 Å². The first-order valence-corrected chi connectivity index (χ1v) is 6.94. The van der Waals surface area contributed by atoms with Crippen LogP contribution in [0, 0.1) is 6.92 Å². The molecule has 0 fully saturated rings. The van der Waals surface area contributed by atoms with Crippen LogP contribution in [-0.4, -0.2) is 40.5 Å². The van der Waals surface area contributed by atoms with Gasteiger partial charge in [-0.1, -0.05) is 30.3 Å².